The zero-order valence-electron chi connectivity index (χ0n) is 11.0. The Hall–Kier alpha value is -1.88. The van der Waals surface area contributed by atoms with Gasteiger partial charge in [-0.15, -0.1) is 0 Å². The summed E-state index contributed by atoms with van der Waals surface area (Å²) in [6.07, 6.45) is 8.63. The molecule has 0 unspecified atom stereocenters. The van der Waals surface area contributed by atoms with Crippen LogP contribution in [0.15, 0.2) is 41.6 Å². The number of aryl methyl sites for hydroxylation is 1. The van der Waals surface area contributed by atoms with Gasteiger partial charge in [0.2, 0.25) is 0 Å². The van der Waals surface area contributed by atoms with Gasteiger partial charge in [0.1, 0.15) is 0 Å². The summed E-state index contributed by atoms with van der Waals surface area (Å²) in [7, 11) is 1.99. The molecule has 3 aromatic rings. The first-order valence-electron chi connectivity index (χ1n) is 6.27. The number of rotatable bonds is 4. The molecule has 0 saturated heterocycles. The second-order valence-electron chi connectivity index (χ2n) is 4.70. The van der Waals surface area contributed by atoms with E-state index in [1.807, 2.05) is 30.2 Å². The Bertz CT molecular complexity index is 651. The number of nitrogens with zero attached hydrogens (tertiary/aromatic N) is 4. The Balaban J connectivity index is 1.90. The zero-order chi connectivity index (χ0) is 13.2. The third-order valence-electron chi connectivity index (χ3n) is 3.28. The summed E-state index contributed by atoms with van der Waals surface area (Å²) in [6, 6.07) is 2.54. The van der Waals surface area contributed by atoms with Gasteiger partial charge in [0.25, 0.3) is 0 Å². The molecule has 0 radical (unpaired) electrons. The predicted octanol–water partition coefficient (Wildman–Crippen LogP) is 3.15. The van der Waals surface area contributed by atoms with Gasteiger partial charge in [0, 0.05) is 37.9 Å². The van der Waals surface area contributed by atoms with Gasteiger partial charge in [-0.2, -0.15) is 11.3 Å². The smallest absolute Gasteiger partial charge is 0.176 e. The maximum Gasteiger partial charge on any atom is 0.176 e. The van der Waals surface area contributed by atoms with Gasteiger partial charge in [-0.3, -0.25) is 0 Å². The van der Waals surface area contributed by atoms with Gasteiger partial charge in [-0.25, -0.2) is 9.97 Å². The Morgan fingerprint density at radius 2 is 2.00 bits per heavy atom. The molecule has 0 fully saturated rings. The molecule has 0 aliphatic heterocycles. The van der Waals surface area contributed by atoms with E-state index >= 15 is 0 Å². The van der Waals surface area contributed by atoms with Crippen LogP contribution >= 0.6 is 11.3 Å². The molecular formula is C14H16N4S. The maximum absolute atomic E-state index is 4.45. The molecule has 0 N–H and O–H groups in total. The molecule has 0 amide bonds. The van der Waals surface area contributed by atoms with Gasteiger partial charge in [0.05, 0.1) is 0 Å². The summed E-state index contributed by atoms with van der Waals surface area (Å²) in [4.78, 5) is 8.83. The lowest BCUT2D eigenvalue weighted by atomic mass is 10.1. The molecular weight excluding hydrogens is 256 g/mol. The van der Waals surface area contributed by atoms with Gasteiger partial charge in [-0.05, 0) is 35.7 Å². The highest BCUT2D eigenvalue weighted by Gasteiger charge is 2.15. The molecule has 1 atom stereocenters. The average molecular weight is 272 g/mol. The summed E-state index contributed by atoms with van der Waals surface area (Å²) in [5.41, 5.74) is 1.37. The normalized spacial score (nSPS) is 12.7. The molecule has 0 saturated carbocycles. The van der Waals surface area contributed by atoms with E-state index in [1.54, 1.807) is 17.5 Å². The number of hydrogen-bond donors (Lipinski definition) is 0. The van der Waals surface area contributed by atoms with E-state index < -0.39 is 0 Å². The van der Waals surface area contributed by atoms with Crippen molar-refractivity contribution < 1.29 is 0 Å². The molecule has 19 heavy (non-hydrogen) atoms. The topological polar surface area (TPSA) is 35.6 Å². The first-order valence-corrected chi connectivity index (χ1v) is 7.21. The van der Waals surface area contributed by atoms with Crippen LogP contribution in [0.2, 0.25) is 0 Å². The predicted molar refractivity (Wildman–Crippen MR) is 77.2 cm³/mol. The molecule has 5 heteroatoms. The Labute approximate surface area is 116 Å². The van der Waals surface area contributed by atoms with Crippen LogP contribution in [-0.2, 0) is 13.5 Å². The van der Waals surface area contributed by atoms with E-state index in [1.165, 1.54) is 5.56 Å². The minimum Gasteiger partial charge on any atom is -0.331 e. The third-order valence-corrected chi connectivity index (χ3v) is 4.01. The molecule has 3 heterocycles. The fraction of sp³-hybridized carbons (Fsp3) is 0.286. The van der Waals surface area contributed by atoms with E-state index in [2.05, 4.69) is 38.3 Å². The molecule has 0 aliphatic rings. The number of thiophene rings is 1. The van der Waals surface area contributed by atoms with Gasteiger partial charge in [-0.1, -0.05) is 0 Å². The minimum atomic E-state index is 0.365. The summed E-state index contributed by atoms with van der Waals surface area (Å²) in [6.45, 7) is 2.21. The zero-order valence-corrected chi connectivity index (χ0v) is 11.8. The van der Waals surface area contributed by atoms with Crippen LogP contribution in [0.4, 0.5) is 0 Å². The molecule has 4 nitrogen and oxygen atoms in total. The van der Waals surface area contributed by atoms with Crippen LogP contribution in [0.3, 0.4) is 0 Å². The molecule has 0 spiro atoms. The average Bonchev–Trinajstić information content (AvgIpc) is 3.07. The van der Waals surface area contributed by atoms with Crippen LogP contribution < -0.4 is 0 Å². The third kappa shape index (κ3) is 2.33. The second-order valence-corrected chi connectivity index (χ2v) is 5.48. The molecule has 0 aromatic carbocycles. The van der Waals surface area contributed by atoms with Crippen LogP contribution in [0, 0.1) is 0 Å². The lowest BCUT2D eigenvalue weighted by Gasteiger charge is -2.15. The van der Waals surface area contributed by atoms with E-state index in [9.17, 15) is 0 Å². The SMILES string of the molecule is C[C@H](Cc1ccsc1)n1ccnc1-c1nccn1C. The number of imidazole rings is 2. The lowest BCUT2D eigenvalue weighted by molar-refractivity contribution is 0.548. The van der Waals surface area contributed by atoms with Crippen molar-refractivity contribution in [3.63, 3.8) is 0 Å². The van der Waals surface area contributed by atoms with Crippen molar-refractivity contribution in [2.24, 2.45) is 7.05 Å². The van der Waals surface area contributed by atoms with Crippen molar-refractivity contribution in [1.29, 1.82) is 0 Å². The van der Waals surface area contributed by atoms with Gasteiger partial charge < -0.3 is 9.13 Å². The van der Waals surface area contributed by atoms with Gasteiger partial charge in [0.15, 0.2) is 11.6 Å². The molecule has 98 valence electrons. The number of hydrogen-bond acceptors (Lipinski definition) is 3. The van der Waals surface area contributed by atoms with E-state index in [0.29, 0.717) is 6.04 Å². The molecule has 3 rings (SSSR count). The van der Waals surface area contributed by atoms with E-state index in [0.717, 1.165) is 18.1 Å². The van der Waals surface area contributed by atoms with Crippen molar-refractivity contribution in [3.05, 3.63) is 47.2 Å². The van der Waals surface area contributed by atoms with Crippen molar-refractivity contribution >= 4 is 11.3 Å². The monoisotopic (exact) mass is 272 g/mol. The van der Waals surface area contributed by atoms with Crippen LogP contribution in [0.25, 0.3) is 11.6 Å². The summed E-state index contributed by atoms with van der Waals surface area (Å²) in [5.74, 6) is 1.83. The Morgan fingerprint density at radius 3 is 2.68 bits per heavy atom. The standard InChI is InChI=1S/C14H16N4S/c1-11(9-12-3-8-19-10-12)18-7-5-16-14(18)13-15-4-6-17(13)2/h3-8,10-11H,9H2,1-2H3/t11-/m1/s1. The van der Waals surface area contributed by atoms with E-state index in [4.69, 9.17) is 0 Å². The van der Waals surface area contributed by atoms with Crippen LogP contribution in [0.1, 0.15) is 18.5 Å². The Morgan fingerprint density at radius 1 is 1.21 bits per heavy atom. The highest BCUT2D eigenvalue weighted by Crippen LogP contribution is 2.22. The van der Waals surface area contributed by atoms with Gasteiger partial charge >= 0.3 is 0 Å². The summed E-state index contributed by atoms with van der Waals surface area (Å²) < 4.78 is 4.19. The van der Waals surface area contributed by atoms with Crippen LogP contribution in [0.5, 0.6) is 0 Å². The first-order chi connectivity index (χ1) is 9.25. The van der Waals surface area contributed by atoms with Crippen LogP contribution in [-0.4, -0.2) is 19.1 Å². The fourth-order valence-corrected chi connectivity index (χ4v) is 2.95. The highest BCUT2D eigenvalue weighted by atomic mass is 32.1. The first kappa shape index (κ1) is 12.2. The van der Waals surface area contributed by atoms with E-state index in [-0.39, 0.29) is 0 Å². The van der Waals surface area contributed by atoms with Crippen molar-refractivity contribution in [2.75, 3.05) is 0 Å². The Kier molecular flexibility index (Phi) is 3.21. The van der Waals surface area contributed by atoms with Crippen molar-refractivity contribution in [3.8, 4) is 11.6 Å². The fourth-order valence-electron chi connectivity index (χ4n) is 2.27. The molecule has 0 bridgehead atoms. The summed E-state index contributed by atoms with van der Waals surface area (Å²) in [5, 5.41) is 4.32. The van der Waals surface area contributed by atoms with Crippen molar-refractivity contribution in [2.45, 2.75) is 19.4 Å². The lowest BCUT2D eigenvalue weighted by Crippen LogP contribution is -2.10. The number of aromatic nitrogens is 4. The minimum absolute atomic E-state index is 0.365. The highest BCUT2D eigenvalue weighted by molar-refractivity contribution is 7.07. The quantitative estimate of drug-likeness (QED) is 0.731. The molecule has 0 aliphatic carbocycles. The maximum atomic E-state index is 4.45. The molecule has 3 aromatic heterocycles. The van der Waals surface area contributed by atoms with Crippen molar-refractivity contribution in [1.82, 2.24) is 19.1 Å². The second kappa shape index (κ2) is 5.01. The summed E-state index contributed by atoms with van der Waals surface area (Å²) >= 11 is 1.74. The largest absolute Gasteiger partial charge is 0.331 e.